The fourth-order valence-corrected chi connectivity index (χ4v) is 6.19. The number of aromatic amines is 1. The lowest BCUT2D eigenvalue weighted by Gasteiger charge is -2.38. The van der Waals surface area contributed by atoms with E-state index in [-0.39, 0.29) is 30.6 Å². The topological polar surface area (TPSA) is 199 Å². The maximum atomic E-state index is 12.3. The third-order valence-electron chi connectivity index (χ3n) is 5.79. The number of nitrogens with one attached hydrogen (secondary N) is 1. The van der Waals surface area contributed by atoms with Gasteiger partial charge < -0.3 is 29.3 Å². The lowest BCUT2D eigenvalue weighted by molar-refractivity contribution is -0.170. The summed E-state index contributed by atoms with van der Waals surface area (Å²) in [7, 11) is -6.45. The van der Waals surface area contributed by atoms with Crippen LogP contribution in [0.25, 0.3) is 0 Å². The van der Waals surface area contributed by atoms with E-state index >= 15 is 0 Å². The lowest BCUT2D eigenvalue weighted by Crippen LogP contribution is -2.45. The van der Waals surface area contributed by atoms with Gasteiger partial charge in [-0.1, -0.05) is 0 Å². The smallest absolute Gasteiger partial charge is 0.390 e. The number of hydrogen-bond acceptors (Lipinski definition) is 11. The van der Waals surface area contributed by atoms with Crippen molar-refractivity contribution in [2.75, 3.05) is 20.7 Å². The van der Waals surface area contributed by atoms with Gasteiger partial charge in [-0.25, -0.2) is 13.9 Å². The Balaban J connectivity index is 1.54. The fourth-order valence-electron chi connectivity index (χ4n) is 4.02. The molecule has 200 valence electrons. The molecule has 8 unspecified atom stereocenters. The summed E-state index contributed by atoms with van der Waals surface area (Å²) in [4.78, 5) is 47.5. The summed E-state index contributed by atoms with van der Waals surface area (Å²) in [5.41, 5.74) is -1.09. The molecule has 2 aliphatic heterocycles. The molecule has 3 heterocycles. The van der Waals surface area contributed by atoms with E-state index < -0.39 is 58.2 Å². The van der Waals surface area contributed by atoms with Crippen LogP contribution in [0.2, 0.25) is 0 Å². The van der Waals surface area contributed by atoms with Gasteiger partial charge in [-0.3, -0.25) is 23.4 Å². The van der Waals surface area contributed by atoms with Crippen LogP contribution in [0.1, 0.15) is 38.0 Å². The van der Waals surface area contributed by atoms with E-state index in [0.717, 1.165) is 4.57 Å². The summed E-state index contributed by atoms with van der Waals surface area (Å²) in [6.07, 6.45) is -2.79. The van der Waals surface area contributed by atoms with Crippen molar-refractivity contribution >= 4 is 15.6 Å². The van der Waals surface area contributed by atoms with Gasteiger partial charge in [-0.2, -0.15) is 4.31 Å². The summed E-state index contributed by atoms with van der Waals surface area (Å²) in [6.45, 7) is 2.55. The number of aromatic nitrogens is 2. The van der Waals surface area contributed by atoms with Crippen LogP contribution in [-0.2, 0) is 32.0 Å². The number of phosphoric ester groups is 2. The molecule has 0 aromatic carbocycles. The van der Waals surface area contributed by atoms with Crippen LogP contribution in [-0.4, -0.2) is 80.7 Å². The zero-order chi connectivity index (χ0) is 26.1. The molecule has 0 aliphatic carbocycles. The molecular formula is C18H31N3O12P2. The quantitative estimate of drug-likeness (QED) is 0.308. The number of nitrogens with zero attached hydrogens (tertiary/aromatic N) is 2. The number of aryl methyl sites for hydroxylation is 1. The molecule has 1 aromatic rings. The summed E-state index contributed by atoms with van der Waals surface area (Å²) < 4.78 is 50.6. The molecule has 2 saturated heterocycles. The van der Waals surface area contributed by atoms with Gasteiger partial charge in [0.2, 0.25) is 0 Å². The van der Waals surface area contributed by atoms with Gasteiger partial charge >= 0.3 is 21.3 Å². The molecule has 2 aliphatic rings. The highest BCUT2D eigenvalue weighted by Crippen LogP contribution is 2.61. The third kappa shape index (κ3) is 7.40. The second kappa shape index (κ2) is 11.0. The van der Waals surface area contributed by atoms with E-state index in [9.17, 15) is 33.6 Å². The summed E-state index contributed by atoms with van der Waals surface area (Å²) >= 11 is 0. The number of hydrogen-bond donors (Lipinski definition) is 4. The van der Waals surface area contributed by atoms with Gasteiger partial charge in [-0.15, -0.1) is 0 Å². The Kier molecular flexibility index (Phi) is 8.94. The van der Waals surface area contributed by atoms with Crippen LogP contribution in [0.3, 0.4) is 0 Å². The zero-order valence-corrected chi connectivity index (χ0v) is 21.5. The molecule has 0 amide bonds. The molecule has 35 heavy (non-hydrogen) atoms. The van der Waals surface area contributed by atoms with Crippen molar-refractivity contribution in [3.05, 3.63) is 32.6 Å². The molecule has 0 radical (unpaired) electrons. The lowest BCUT2D eigenvalue weighted by atomic mass is 10.0. The van der Waals surface area contributed by atoms with Gasteiger partial charge in [0.25, 0.3) is 5.56 Å². The molecule has 0 saturated carbocycles. The number of rotatable bonds is 9. The van der Waals surface area contributed by atoms with Crippen LogP contribution in [0.15, 0.2) is 15.8 Å². The highest BCUT2D eigenvalue weighted by molar-refractivity contribution is 7.61. The van der Waals surface area contributed by atoms with Crippen LogP contribution in [0.4, 0.5) is 0 Å². The number of ether oxygens (including phenoxy) is 2. The number of aliphatic hydroxyl groups is 1. The number of H-pyrrole nitrogens is 1. The number of aliphatic hydroxyl groups excluding tert-OH is 1. The van der Waals surface area contributed by atoms with Crippen LogP contribution >= 0.6 is 15.6 Å². The minimum Gasteiger partial charge on any atom is -0.390 e. The second-order valence-electron chi connectivity index (χ2n) is 8.71. The Morgan fingerprint density at radius 3 is 2.51 bits per heavy atom. The SMILES string of the molecule is Cc1cn(C2CC(O)C(COP(=O)(O)OP(=O)(O)OC3CCC(N(C)C)C(C)O3)O2)c(=O)[nH]c1=O. The first kappa shape index (κ1) is 28.4. The Hall–Kier alpha value is -1.22. The number of phosphoric acid groups is 2. The molecular weight excluding hydrogens is 512 g/mol. The van der Waals surface area contributed by atoms with Crippen molar-refractivity contribution in [1.29, 1.82) is 0 Å². The van der Waals surface area contributed by atoms with Crippen molar-refractivity contribution in [3.8, 4) is 0 Å². The summed E-state index contributed by atoms with van der Waals surface area (Å²) in [5, 5.41) is 10.2. The fraction of sp³-hybridized carbons (Fsp3) is 0.778. The molecule has 2 fully saturated rings. The maximum absolute atomic E-state index is 12.3. The molecule has 0 bridgehead atoms. The monoisotopic (exact) mass is 543 g/mol. The van der Waals surface area contributed by atoms with Crippen molar-refractivity contribution in [2.45, 2.75) is 70.0 Å². The van der Waals surface area contributed by atoms with Crippen LogP contribution in [0.5, 0.6) is 0 Å². The average molecular weight is 543 g/mol. The minimum atomic E-state index is -5.13. The predicted molar refractivity (Wildman–Crippen MR) is 119 cm³/mol. The molecule has 4 N–H and O–H groups in total. The summed E-state index contributed by atoms with van der Waals surface area (Å²) in [5.74, 6) is 0. The van der Waals surface area contributed by atoms with E-state index in [1.165, 1.54) is 13.1 Å². The van der Waals surface area contributed by atoms with Gasteiger partial charge in [0.15, 0.2) is 6.29 Å². The Morgan fingerprint density at radius 1 is 1.20 bits per heavy atom. The first-order valence-corrected chi connectivity index (χ1v) is 13.8. The second-order valence-corrected chi connectivity index (χ2v) is 11.7. The van der Waals surface area contributed by atoms with E-state index in [1.807, 2.05) is 19.0 Å². The molecule has 17 heteroatoms. The standard InChI is InChI=1S/C18H31N3O12P2/c1-10-8-21(18(24)19-17(10)23)15-7-13(22)14(31-15)9-29-34(25,26)33-35(27,28)32-16-6-5-12(20(3)4)11(2)30-16/h8,11-16,22H,5-7,9H2,1-4H3,(H,25,26)(H,27,28)(H,19,23,24). The van der Waals surface area contributed by atoms with Gasteiger partial charge in [0.05, 0.1) is 18.8 Å². The predicted octanol–water partition coefficient (Wildman–Crippen LogP) is 0.199. The molecule has 1 aromatic heterocycles. The average Bonchev–Trinajstić information content (AvgIpc) is 3.08. The van der Waals surface area contributed by atoms with E-state index in [4.69, 9.17) is 18.5 Å². The van der Waals surface area contributed by atoms with Crippen LogP contribution < -0.4 is 11.2 Å². The van der Waals surface area contributed by atoms with Crippen molar-refractivity contribution < 1.29 is 46.9 Å². The van der Waals surface area contributed by atoms with E-state index in [2.05, 4.69) is 9.29 Å². The highest BCUT2D eigenvalue weighted by Gasteiger charge is 2.42. The number of likely N-dealkylation sites (N-methyl/N-ethyl adjacent to an activating group) is 1. The largest absolute Gasteiger partial charge is 0.483 e. The van der Waals surface area contributed by atoms with Gasteiger partial charge in [0, 0.05) is 30.6 Å². The van der Waals surface area contributed by atoms with E-state index in [0.29, 0.717) is 6.42 Å². The van der Waals surface area contributed by atoms with Crippen molar-refractivity contribution in [1.82, 2.24) is 14.5 Å². The van der Waals surface area contributed by atoms with Crippen LogP contribution in [0, 0.1) is 6.92 Å². The van der Waals surface area contributed by atoms with E-state index in [1.54, 1.807) is 6.92 Å². The van der Waals surface area contributed by atoms with Crippen molar-refractivity contribution in [3.63, 3.8) is 0 Å². The minimum absolute atomic E-state index is 0.0682. The first-order valence-electron chi connectivity index (χ1n) is 10.8. The first-order chi connectivity index (χ1) is 16.2. The maximum Gasteiger partial charge on any atom is 0.483 e. The molecule has 15 nitrogen and oxygen atoms in total. The van der Waals surface area contributed by atoms with Gasteiger partial charge in [-0.05, 0) is 34.4 Å². The molecule has 8 atom stereocenters. The van der Waals surface area contributed by atoms with Gasteiger partial charge in [0.1, 0.15) is 12.3 Å². The molecule has 0 spiro atoms. The third-order valence-corrected chi connectivity index (χ3v) is 8.42. The Labute approximate surface area is 200 Å². The normalized spacial score (nSPS) is 32.9. The summed E-state index contributed by atoms with van der Waals surface area (Å²) in [6, 6.07) is 0.0682. The highest BCUT2D eigenvalue weighted by atomic mass is 31.3. The van der Waals surface area contributed by atoms with Crippen molar-refractivity contribution in [2.24, 2.45) is 0 Å². The Bertz CT molecular complexity index is 1110. The zero-order valence-electron chi connectivity index (χ0n) is 19.7. The molecule has 3 rings (SSSR count). The Morgan fingerprint density at radius 2 is 1.89 bits per heavy atom.